The van der Waals surface area contributed by atoms with E-state index in [1.54, 1.807) is 0 Å². The number of anilines is 1. The van der Waals surface area contributed by atoms with E-state index in [9.17, 15) is 0 Å². The minimum absolute atomic E-state index is 0.186. The largest absolute Gasteiger partial charge is 0.373 e. The molecule has 0 saturated carbocycles. The zero-order valence-corrected chi connectivity index (χ0v) is 21.0. The van der Waals surface area contributed by atoms with Crippen molar-refractivity contribution in [1.29, 1.82) is 0 Å². The van der Waals surface area contributed by atoms with Crippen molar-refractivity contribution < 1.29 is 4.74 Å². The second-order valence-electron chi connectivity index (χ2n) is 10.2. The number of H-pyrrole nitrogens is 1. The summed E-state index contributed by atoms with van der Waals surface area (Å²) in [5.74, 6) is 0.868. The van der Waals surface area contributed by atoms with E-state index in [0.717, 1.165) is 60.6 Å². The van der Waals surface area contributed by atoms with Gasteiger partial charge in [0, 0.05) is 43.6 Å². The average molecular weight is 468 g/mol. The van der Waals surface area contributed by atoms with Crippen LogP contribution in [0.2, 0.25) is 0 Å². The predicted octanol–water partition coefficient (Wildman–Crippen LogP) is 5.09. The van der Waals surface area contributed by atoms with Crippen molar-refractivity contribution >= 4 is 16.7 Å². The second kappa shape index (κ2) is 8.77. The Bertz CT molecular complexity index is 1390. The molecular formula is C29H33N5O. The van der Waals surface area contributed by atoms with Crippen LogP contribution in [0.3, 0.4) is 0 Å². The topological polar surface area (TPSA) is 66.1 Å². The fourth-order valence-corrected chi connectivity index (χ4v) is 5.88. The van der Waals surface area contributed by atoms with Gasteiger partial charge in [-0.05, 0) is 56.9 Å². The number of nitrogens with zero attached hydrogens (tertiary/aromatic N) is 3. The van der Waals surface area contributed by atoms with Gasteiger partial charge >= 0.3 is 0 Å². The first kappa shape index (κ1) is 22.3. The molecule has 2 N–H and O–H groups in total. The Labute approximate surface area is 206 Å². The molecule has 35 heavy (non-hydrogen) atoms. The summed E-state index contributed by atoms with van der Waals surface area (Å²) in [6.07, 6.45) is 5.22. The summed E-state index contributed by atoms with van der Waals surface area (Å²) in [5, 5.41) is 3.65. The number of piperidine rings is 1. The molecule has 1 unspecified atom stereocenters. The van der Waals surface area contributed by atoms with Crippen LogP contribution in [0, 0.1) is 27.7 Å². The number of rotatable bonds is 3. The number of imidazole rings is 1. The van der Waals surface area contributed by atoms with E-state index >= 15 is 0 Å². The third kappa shape index (κ3) is 4.11. The lowest BCUT2D eigenvalue weighted by Crippen LogP contribution is -2.57. The SMILES string of the molecule is Cc1cc(C)cc(-c2cncc(-c3nc4c(C)cc(C)cc4[nH]3)c2N2CC[C@H]3NCCOC3C2)c1. The first-order chi connectivity index (χ1) is 17.0. The Hall–Kier alpha value is -3.22. The lowest BCUT2D eigenvalue weighted by molar-refractivity contribution is -0.00899. The van der Waals surface area contributed by atoms with Crippen LogP contribution in [-0.2, 0) is 4.74 Å². The van der Waals surface area contributed by atoms with E-state index in [0.29, 0.717) is 6.04 Å². The number of aromatic nitrogens is 3. The molecule has 2 aliphatic heterocycles. The lowest BCUT2D eigenvalue weighted by atomic mass is 9.95. The van der Waals surface area contributed by atoms with Gasteiger partial charge in [0.1, 0.15) is 5.82 Å². The molecule has 0 spiro atoms. The second-order valence-corrected chi connectivity index (χ2v) is 10.2. The van der Waals surface area contributed by atoms with Gasteiger partial charge in [-0.15, -0.1) is 0 Å². The molecule has 6 heteroatoms. The molecular weight excluding hydrogens is 434 g/mol. The normalized spacial score (nSPS) is 20.3. The number of hydrogen-bond donors (Lipinski definition) is 2. The zero-order valence-electron chi connectivity index (χ0n) is 21.0. The summed E-state index contributed by atoms with van der Waals surface area (Å²) in [6.45, 7) is 12.1. The molecule has 2 atom stereocenters. The Morgan fingerprint density at radius 1 is 0.943 bits per heavy atom. The van der Waals surface area contributed by atoms with Crippen molar-refractivity contribution in [3.8, 4) is 22.5 Å². The molecule has 180 valence electrons. The van der Waals surface area contributed by atoms with E-state index < -0.39 is 0 Å². The summed E-state index contributed by atoms with van der Waals surface area (Å²) in [7, 11) is 0. The highest BCUT2D eigenvalue weighted by Gasteiger charge is 2.34. The maximum atomic E-state index is 6.20. The number of aromatic amines is 1. The fourth-order valence-electron chi connectivity index (χ4n) is 5.88. The predicted molar refractivity (Wildman–Crippen MR) is 142 cm³/mol. The van der Waals surface area contributed by atoms with Gasteiger partial charge < -0.3 is 19.9 Å². The average Bonchev–Trinajstić information content (AvgIpc) is 3.27. The van der Waals surface area contributed by atoms with E-state index in [1.807, 2.05) is 12.4 Å². The molecule has 2 saturated heterocycles. The van der Waals surface area contributed by atoms with Crippen LogP contribution in [-0.4, -0.2) is 53.3 Å². The van der Waals surface area contributed by atoms with Crippen LogP contribution < -0.4 is 10.2 Å². The first-order valence-electron chi connectivity index (χ1n) is 12.6. The summed E-state index contributed by atoms with van der Waals surface area (Å²) < 4.78 is 6.20. The van der Waals surface area contributed by atoms with Gasteiger partial charge in [0.2, 0.25) is 0 Å². The van der Waals surface area contributed by atoms with Gasteiger partial charge in [-0.2, -0.15) is 0 Å². The summed E-state index contributed by atoms with van der Waals surface area (Å²) in [6, 6.07) is 11.5. The van der Waals surface area contributed by atoms with Crippen LogP contribution in [0.5, 0.6) is 0 Å². The van der Waals surface area contributed by atoms with E-state index in [4.69, 9.17) is 14.7 Å². The molecule has 2 aromatic carbocycles. The quantitative estimate of drug-likeness (QED) is 0.439. The minimum atomic E-state index is 0.186. The highest BCUT2D eigenvalue weighted by molar-refractivity contribution is 5.92. The van der Waals surface area contributed by atoms with Gasteiger partial charge in [-0.3, -0.25) is 4.98 Å². The van der Waals surface area contributed by atoms with Crippen LogP contribution in [0.1, 0.15) is 28.7 Å². The van der Waals surface area contributed by atoms with Crippen LogP contribution in [0.25, 0.3) is 33.5 Å². The van der Waals surface area contributed by atoms with Gasteiger partial charge in [-0.1, -0.05) is 35.4 Å². The van der Waals surface area contributed by atoms with Crippen molar-refractivity contribution in [2.75, 3.05) is 31.1 Å². The molecule has 2 aliphatic rings. The number of morpholine rings is 1. The number of ether oxygens (including phenoxy) is 1. The van der Waals surface area contributed by atoms with Crippen molar-refractivity contribution in [2.24, 2.45) is 0 Å². The number of benzene rings is 2. The Morgan fingerprint density at radius 2 is 1.71 bits per heavy atom. The van der Waals surface area contributed by atoms with Crippen molar-refractivity contribution in [3.05, 3.63) is 65.0 Å². The number of nitrogens with one attached hydrogen (secondary N) is 2. The smallest absolute Gasteiger partial charge is 0.142 e. The maximum absolute atomic E-state index is 6.20. The number of aryl methyl sites for hydroxylation is 4. The molecule has 2 fully saturated rings. The molecule has 0 bridgehead atoms. The third-order valence-corrected chi connectivity index (χ3v) is 7.34. The van der Waals surface area contributed by atoms with Gasteiger partial charge in [0.05, 0.1) is 35.0 Å². The monoisotopic (exact) mass is 467 g/mol. The van der Waals surface area contributed by atoms with E-state index in [2.05, 4.69) is 73.2 Å². The number of hydrogen-bond acceptors (Lipinski definition) is 5. The molecule has 6 nitrogen and oxygen atoms in total. The molecule has 0 amide bonds. The number of fused-ring (bicyclic) bond motifs is 2. The van der Waals surface area contributed by atoms with Crippen molar-refractivity contribution in [2.45, 2.75) is 46.3 Å². The summed E-state index contributed by atoms with van der Waals surface area (Å²) in [5.41, 5.74) is 11.6. The Balaban J connectivity index is 1.53. The van der Waals surface area contributed by atoms with Crippen LogP contribution in [0.15, 0.2) is 42.7 Å². The zero-order chi connectivity index (χ0) is 24.1. The molecule has 0 aliphatic carbocycles. The summed E-state index contributed by atoms with van der Waals surface area (Å²) in [4.78, 5) is 15.9. The van der Waals surface area contributed by atoms with E-state index in [1.165, 1.54) is 33.5 Å². The lowest BCUT2D eigenvalue weighted by Gasteiger charge is -2.43. The highest BCUT2D eigenvalue weighted by atomic mass is 16.5. The van der Waals surface area contributed by atoms with E-state index in [-0.39, 0.29) is 6.10 Å². The summed E-state index contributed by atoms with van der Waals surface area (Å²) >= 11 is 0. The van der Waals surface area contributed by atoms with Crippen LogP contribution >= 0.6 is 0 Å². The van der Waals surface area contributed by atoms with Gasteiger partial charge in [0.25, 0.3) is 0 Å². The Morgan fingerprint density at radius 3 is 2.54 bits per heavy atom. The van der Waals surface area contributed by atoms with Crippen molar-refractivity contribution in [1.82, 2.24) is 20.3 Å². The highest BCUT2D eigenvalue weighted by Crippen LogP contribution is 2.40. The molecule has 6 rings (SSSR count). The first-order valence-corrected chi connectivity index (χ1v) is 12.6. The standard InChI is InChI=1S/C29H33N5O/c1-17-9-18(2)12-21(11-17)22-14-30-15-23(29-32-25-13-19(3)10-20(4)27(25)33-29)28(22)34-7-5-24-26(16-34)35-8-6-31-24/h9-15,24,26,31H,5-8,16H2,1-4H3,(H,32,33)/t24-,26?/m1/s1. The third-order valence-electron chi connectivity index (χ3n) is 7.34. The van der Waals surface area contributed by atoms with Crippen LogP contribution in [0.4, 0.5) is 5.69 Å². The van der Waals surface area contributed by atoms with Gasteiger partial charge in [-0.25, -0.2) is 4.98 Å². The van der Waals surface area contributed by atoms with Gasteiger partial charge in [0.15, 0.2) is 0 Å². The molecule has 0 radical (unpaired) electrons. The molecule has 4 aromatic rings. The minimum Gasteiger partial charge on any atom is -0.373 e. The fraction of sp³-hybridized carbons (Fsp3) is 0.379. The molecule has 2 aromatic heterocycles. The van der Waals surface area contributed by atoms with Crippen molar-refractivity contribution in [3.63, 3.8) is 0 Å². The number of pyridine rings is 1. The Kier molecular flexibility index (Phi) is 5.58. The maximum Gasteiger partial charge on any atom is 0.142 e. The molecule has 4 heterocycles.